The maximum Gasteiger partial charge on any atom is 0.0807 e. The molecule has 0 bridgehead atoms. The summed E-state index contributed by atoms with van der Waals surface area (Å²) in [6.45, 7) is 3.93. The molecule has 72 valence electrons. The molecule has 12 heavy (non-hydrogen) atoms. The van der Waals surface area contributed by atoms with Gasteiger partial charge in [0.25, 0.3) is 0 Å². The highest BCUT2D eigenvalue weighted by Gasteiger charge is 2.32. The van der Waals surface area contributed by atoms with Crippen molar-refractivity contribution in [2.24, 2.45) is 5.73 Å². The van der Waals surface area contributed by atoms with E-state index >= 15 is 0 Å². The molecule has 0 aromatic heterocycles. The summed E-state index contributed by atoms with van der Waals surface area (Å²) in [7, 11) is 2.09. The normalized spacial score (nSPS) is 36.0. The van der Waals surface area contributed by atoms with Gasteiger partial charge in [-0.1, -0.05) is 0 Å². The predicted octanol–water partition coefficient (Wildman–Crippen LogP) is 0.180. The van der Waals surface area contributed by atoms with Gasteiger partial charge in [0.2, 0.25) is 0 Å². The Labute approximate surface area is 74.5 Å². The predicted molar refractivity (Wildman–Crippen MR) is 49.9 cm³/mol. The molecule has 0 radical (unpaired) electrons. The van der Waals surface area contributed by atoms with Crippen LogP contribution in [0.5, 0.6) is 0 Å². The Morgan fingerprint density at radius 2 is 2.08 bits per heavy atom. The van der Waals surface area contributed by atoms with Gasteiger partial charge in [-0.05, 0) is 39.8 Å². The first kappa shape index (κ1) is 9.96. The first-order valence-electron chi connectivity index (χ1n) is 4.71. The molecule has 1 saturated heterocycles. The van der Waals surface area contributed by atoms with Crippen molar-refractivity contribution in [1.82, 2.24) is 4.90 Å². The second-order valence-electron chi connectivity index (χ2n) is 4.05. The van der Waals surface area contributed by atoms with E-state index in [9.17, 15) is 5.11 Å². The lowest BCUT2D eigenvalue weighted by molar-refractivity contribution is 0.00606. The van der Waals surface area contributed by atoms with E-state index in [0.717, 1.165) is 32.4 Å². The molecule has 0 saturated carbocycles. The maximum absolute atomic E-state index is 10.1. The Balaban J connectivity index is 2.55. The van der Waals surface area contributed by atoms with Crippen LogP contribution in [0.4, 0.5) is 0 Å². The maximum atomic E-state index is 10.1. The van der Waals surface area contributed by atoms with Crippen molar-refractivity contribution in [1.29, 1.82) is 0 Å². The van der Waals surface area contributed by atoms with Crippen molar-refractivity contribution in [3.63, 3.8) is 0 Å². The molecule has 0 spiro atoms. The fourth-order valence-electron chi connectivity index (χ4n) is 1.73. The van der Waals surface area contributed by atoms with Crippen LogP contribution in [0, 0.1) is 0 Å². The van der Waals surface area contributed by atoms with Crippen molar-refractivity contribution in [3.8, 4) is 0 Å². The van der Waals surface area contributed by atoms with Gasteiger partial charge in [0.1, 0.15) is 0 Å². The van der Waals surface area contributed by atoms with Crippen molar-refractivity contribution in [2.75, 3.05) is 20.1 Å². The van der Waals surface area contributed by atoms with Crippen LogP contribution in [0.3, 0.4) is 0 Å². The van der Waals surface area contributed by atoms with E-state index in [-0.39, 0.29) is 6.04 Å². The zero-order valence-corrected chi connectivity index (χ0v) is 8.08. The minimum atomic E-state index is -0.620. The summed E-state index contributed by atoms with van der Waals surface area (Å²) in [5.74, 6) is 0. The summed E-state index contributed by atoms with van der Waals surface area (Å²) in [5.41, 5.74) is 5.13. The molecule has 3 nitrogen and oxygen atoms in total. The Morgan fingerprint density at radius 1 is 1.42 bits per heavy atom. The van der Waals surface area contributed by atoms with Crippen LogP contribution in [0.25, 0.3) is 0 Å². The Bertz CT molecular complexity index is 149. The second kappa shape index (κ2) is 3.73. The molecule has 0 aromatic rings. The van der Waals surface area contributed by atoms with Gasteiger partial charge in [-0.25, -0.2) is 0 Å². The van der Waals surface area contributed by atoms with Crippen LogP contribution >= 0.6 is 0 Å². The molecular formula is C9H20N2O. The molecule has 1 aliphatic rings. The lowest BCUT2D eigenvalue weighted by atomic mass is 9.88. The molecule has 1 aliphatic heterocycles. The number of aliphatic hydroxyl groups is 1. The van der Waals surface area contributed by atoms with E-state index in [1.165, 1.54) is 0 Å². The average molecular weight is 172 g/mol. The van der Waals surface area contributed by atoms with Gasteiger partial charge in [-0.2, -0.15) is 0 Å². The summed E-state index contributed by atoms with van der Waals surface area (Å²) in [6.07, 6.45) is 2.70. The molecule has 2 unspecified atom stereocenters. The number of nitrogens with zero attached hydrogens (tertiary/aromatic N) is 1. The molecule has 0 aromatic carbocycles. The lowest BCUT2D eigenvalue weighted by Gasteiger charge is -2.30. The lowest BCUT2D eigenvalue weighted by Crippen LogP contribution is -2.46. The number of likely N-dealkylation sites (tertiary alicyclic amines) is 1. The van der Waals surface area contributed by atoms with Gasteiger partial charge < -0.3 is 15.7 Å². The minimum Gasteiger partial charge on any atom is -0.388 e. The van der Waals surface area contributed by atoms with Gasteiger partial charge >= 0.3 is 0 Å². The van der Waals surface area contributed by atoms with E-state index in [4.69, 9.17) is 5.73 Å². The van der Waals surface area contributed by atoms with Crippen LogP contribution in [0.2, 0.25) is 0 Å². The van der Waals surface area contributed by atoms with E-state index in [1.54, 1.807) is 0 Å². The van der Waals surface area contributed by atoms with Crippen LogP contribution < -0.4 is 5.73 Å². The quantitative estimate of drug-likeness (QED) is 0.593. The summed E-state index contributed by atoms with van der Waals surface area (Å²) >= 11 is 0. The fraction of sp³-hybridized carbons (Fsp3) is 1.00. The van der Waals surface area contributed by atoms with Crippen LogP contribution in [0.15, 0.2) is 0 Å². The largest absolute Gasteiger partial charge is 0.388 e. The van der Waals surface area contributed by atoms with E-state index < -0.39 is 5.60 Å². The van der Waals surface area contributed by atoms with E-state index in [1.807, 2.05) is 6.92 Å². The standard InChI is InChI=1S/C9H20N2O/c1-8(10)9(12)4-3-6-11(2)7-5-9/h8,12H,3-7,10H2,1-2H3. The summed E-state index contributed by atoms with van der Waals surface area (Å²) in [4.78, 5) is 2.25. The third-order valence-electron chi connectivity index (χ3n) is 2.92. The number of hydrogen-bond acceptors (Lipinski definition) is 3. The highest BCUT2D eigenvalue weighted by molar-refractivity contribution is 4.89. The molecule has 1 heterocycles. The third-order valence-corrected chi connectivity index (χ3v) is 2.92. The summed E-state index contributed by atoms with van der Waals surface area (Å²) in [6, 6.07) is -0.107. The molecule has 2 atom stereocenters. The topological polar surface area (TPSA) is 49.5 Å². The van der Waals surface area contributed by atoms with Gasteiger partial charge in [-0.15, -0.1) is 0 Å². The first-order chi connectivity index (χ1) is 5.54. The summed E-state index contributed by atoms with van der Waals surface area (Å²) < 4.78 is 0. The average Bonchev–Trinajstić information content (AvgIpc) is 2.15. The fourth-order valence-corrected chi connectivity index (χ4v) is 1.73. The van der Waals surface area contributed by atoms with Crippen LogP contribution in [-0.2, 0) is 0 Å². The van der Waals surface area contributed by atoms with Crippen molar-refractivity contribution in [3.05, 3.63) is 0 Å². The molecule has 1 fully saturated rings. The highest BCUT2D eigenvalue weighted by Crippen LogP contribution is 2.23. The molecule has 0 aliphatic carbocycles. The molecule has 0 amide bonds. The van der Waals surface area contributed by atoms with Crippen molar-refractivity contribution < 1.29 is 5.11 Å². The zero-order valence-electron chi connectivity index (χ0n) is 8.08. The Morgan fingerprint density at radius 3 is 2.67 bits per heavy atom. The van der Waals surface area contributed by atoms with Gasteiger partial charge in [0.15, 0.2) is 0 Å². The summed E-state index contributed by atoms with van der Waals surface area (Å²) in [5, 5.41) is 10.1. The van der Waals surface area contributed by atoms with Crippen LogP contribution in [-0.4, -0.2) is 41.8 Å². The Kier molecular flexibility index (Phi) is 3.09. The second-order valence-corrected chi connectivity index (χ2v) is 4.05. The van der Waals surface area contributed by atoms with E-state index in [0.29, 0.717) is 0 Å². The number of nitrogens with two attached hydrogens (primary N) is 1. The molecule has 3 N–H and O–H groups in total. The smallest absolute Gasteiger partial charge is 0.0807 e. The molecular weight excluding hydrogens is 152 g/mol. The van der Waals surface area contributed by atoms with Gasteiger partial charge in [0, 0.05) is 12.6 Å². The van der Waals surface area contributed by atoms with Crippen molar-refractivity contribution >= 4 is 0 Å². The zero-order chi connectivity index (χ0) is 9.19. The Hall–Kier alpha value is -0.120. The number of hydrogen-bond donors (Lipinski definition) is 2. The van der Waals surface area contributed by atoms with Crippen molar-refractivity contribution in [2.45, 2.75) is 37.8 Å². The minimum absolute atomic E-state index is 0.107. The highest BCUT2D eigenvalue weighted by atomic mass is 16.3. The van der Waals surface area contributed by atoms with E-state index in [2.05, 4.69) is 11.9 Å². The molecule has 3 heteroatoms. The van der Waals surface area contributed by atoms with Gasteiger partial charge in [-0.3, -0.25) is 0 Å². The monoisotopic (exact) mass is 172 g/mol. The SMILES string of the molecule is CC(N)C1(O)CCCN(C)CC1. The number of rotatable bonds is 1. The molecule has 1 rings (SSSR count). The van der Waals surface area contributed by atoms with Gasteiger partial charge in [0.05, 0.1) is 5.60 Å². The third kappa shape index (κ3) is 2.19. The first-order valence-corrected chi connectivity index (χ1v) is 4.71. The van der Waals surface area contributed by atoms with Crippen LogP contribution in [0.1, 0.15) is 26.2 Å².